The molecule has 3 rings (SSSR count). The molecule has 7 atom stereocenters. The Balaban J connectivity index is 1.94. The fraction of sp³-hybridized carbons (Fsp3) is 0.610. The minimum absolute atomic E-state index is 0.0284. The fourth-order valence-corrected chi connectivity index (χ4v) is 7.48. The molecule has 0 spiro atoms. The lowest BCUT2D eigenvalue weighted by atomic mass is 9.83. The smallest absolute Gasteiger partial charge is 0.308 e. The van der Waals surface area contributed by atoms with Crippen molar-refractivity contribution in [3.8, 4) is 0 Å². The van der Waals surface area contributed by atoms with Crippen molar-refractivity contribution in [2.75, 3.05) is 20.2 Å². The van der Waals surface area contributed by atoms with Crippen molar-refractivity contribution in [2.45, 2.75) is 124 Å². The quantitative estimate of drug-likeness (QED) is 0.0774. The number of thiazole rings is 1. The molecule has 1 unspecified atom stereocenters. The minimum Gasteiger partial charge on any atom is -0.469 e. The lowest BCUT2D eigenvalue weighted by molar-refractivity contribution is -0.141. The number of nitrogens with zero attached hydrogens (tertiary/aromatic N) is 3. The van der Waals surface area contributed by atoms with Crippen LogP contribution in [0.5, 0.6) is 0 Å². The maximum Gasteiger partial charge on any atom is 0.308 e. The molecular weight excluding hydrogens is 763 g/mol. The molecule has 5 amide bonds. The number of aliphatic imine (C=N–C) groups is 1. The SMILES string of the molecule is COC(=O)CC(NC(=O)[C@@H](NC(=O)[C@@H](N=C(N)[C@@H](NC(=O)[C@@H](NC(=O)[C@@H]1CCCN1C(=O)CN)C(C)C)C(C)(C)C)C(C)(C)C)[C@@H](C)c1ccccc1)c1nccs1. The van der Waals surface area contributed by atoms with Crippen LogP contribution in [-0.2, 0) is 33.5 Å². The summed E-state index contributed by atoms with van der Waals surface area (Å²) in [5.74, 6) is -3.87. The number of amidine groups is 1. The maximum absolute atomic E-state index is 14.4. The van der Waals surface area contributed by atoms with E-state index in [-0.39, 0.29) is 30.6 Å². The van der Waals surface area contributed by atoms with Gasteiger partial charge in [0.25, 0.3) is 0 Å². The largest absolute Gasteiger partial charge is 0.469 e. The highest BCUT2D eigenvalue weighted by Gasteiger charge is 2.41. The second-order valence-corrected chi connectivity index (χ2v) is 18.1. The zero-order valence-corrected chi connectivity index (χ0v) is 36.3. The van der Waals surface area contributed by atoms with E-state index in [0.717, 1.165) is 5.56 Å². The summed E-state index contributed by atoms with van der Waals surface area (Å²) < 4.78 is 4.88. The molecule has 320 valence electrons. The number of aromatic nitrogens is 1. The third kappa shape index (κ3) is 12.8. The first-order chi connectivity index (χ1) is 27.1. The maximum atomic E-state index is 14.4. The molecule has 16 nitrogen and oxygen atoms in total. The van der Waals surface area contributed by atoms with Crippen LogP contribution in [0, 0.1) is 16.7 Å². The summed E-state index contributed by atoms with van der Waals surface area (Å²) in [7, 11) is 1.26. The van der Waals surface area contributed by atoms with E-state index in [2.05, 4.69) is 26.3 Å². The number of carbonyl (C=O) groups excluding carboxylic acids is 6. The monoisotopic (exact) mass is 825 g/mol. The Bertz CT molecular complexity index is 1760. The van der Waals surface area contributed by atoms with Gasteiger partial charge in [-0.05, 0) is 35.2 Å². The Morgan fingerprint density at radius 1 is 0.914 bits per heavy atom. The molecule has 1 aliphatic heterocycles. The molecule has 17 heteroatoms. The van der Waals surface area contributed by atoms with Gasteiger partial charge in [-0.1, -0.05) is 92.6 Å². The molecule has 8 N–H and O–H groups in total. The predicted octanol–water partition coefficient (Wildman–Crippen LogP) is 2.55. The molecule has 0 aliphatic carbocycles. The number of rotatable bonds is 17. The van der Waals surface area contributed by atoms with Gasteiger partial charge in [-0.2, -0.15) is 0 Å². The van der Waals surface area contributed by atoms with Crippen LogP contribution in [0.2, 0.25) is 0 Å². The zero-order valence-electron chi connectivity index (χ0n) is 35.5. The van der Waals surface area contributed by atoms with Crippen LogP contribution in [0.3, 0.4) is 0 Å². The summed E-state index contributed by atoms with van der Waals surface area (Å²) in [6.45, 7) is 16.6. The molecule has 1 aromatic heterocycles. The van der Waals surface area contributed by atoms with Gasteiger partial charge in [0.1, 0.15) is 35.0 Å². The number of amides is 5. The van der Waals surface area contributed by atoms with E-state index >= 15 is 0 Å². The first-order valence-corrected chi connectivity index (χ1v) is 20.5. The van der Waals surface area contributed by atoms with Crippen molar-refractivity contribution in [3.63, 3.8) is 0 Å². The number of nitrogens with two attached hydrogens (primary N) is 2. The Morgan fingerprint density at radius 2 is 1.55 bits per heavy atom. The van der Waals surface area contributed by atoms with Crippen LogP contribution < -0.4 is 32.7 Å². The molecule has 1 saturated heterocycles. The van der Waals surface area contributed by atoms with Crippen molar-refractivity contribution >= 4 is 52.7 Å². The van der Waals surface area contributed by atoms with E-state index in [1.807, 2.05) is 78.8 Å². The Hall–Kier alpha value is -4.90. The average Bonchev–Trinajstić information content (AvgIpc) is 3.89. The highest BCUT2D eigenvalue weighted by Crippen LogP contribution is 2.28. The number of nitrogens with one attached hydrogen (secondary N) is 4. The molecule has 0 radical (unpaired) electrons. The standard InChI is InChI=1S/C41H63N9O7S/c1-23(2)30(46-35(53)27-17-14-19-50(27)28(51)22-42)36(54)49-32(40(4,5)6)34(43)48-33(41(7,8)9)38(56)47-31(24(3)25-15-12-11-13-16-25)37(55)45-26(21-29(52)57-10)39-44-18-20-58-39/h11-13,15-16,18,20,23-24,26-27,30-33H,14,17,19,21-22,42H2,1-10H3,(H2,43,48)(H,45,55)(H,46,53)(H,47,56)(H,49,54)/t24-,26?,27-,30-,31-,32+,33+/m0/s1. The number of hydrogen-bond donors (Lipinski definition) is 6. The zero-order chi connectivity index (χ0) is 43.5. The highest BCUT2D eigenvalue weighted by molar-refractivity contribution is 7.09. The first-order valence-electron chi connectivity index (χ1n) is 19.7. The summed E-state index contributed by atoms with van der Waals surface area (Å²) in [5.41, 5.74) is 11.6. The lowest BCUT2D eigenvalue weighted by Gasteiger charge is -2.35. The van der Waals surface area contributed by atoms with Crippen molar-refractivity contribution in [1.82, 2.24) is 31.2 Å². The van der Waals surface area contributed by atoms with Crippen LogP contribution in [-0.4, -0.2) is 102 Å². The molecule has 0 saturated carbocycles. The van der Waals surface area contributed by atoms with Crippen LogP contribution >= 0.6 is 11.3 Å². The summed E-state index contributed by atoms with van der Waals surface area (Å²) in [6, 6.07) is 3.56. The molecule has 2 aromatic rings. The van der Waals surface area contributed by atoms with E-state index < -0.39 is 82.6 Å². The normalized spacial score (nSPS) is 18.0. The van der Waals surface area contributed by atoms with Gasteiger partial charge >= 0.3 is 5.97 Å². The van der Waals surface area contributed by atoms with Gasteiger partial charge in [0.05, 0.1) is 32.2 Å². The number of esters is 1. The van der Waals surface area contributed by atoms with Crippen LogP contribution in [0.15, 0.2) is 46.9 Å². The van der Waals surface area contributed by atoms with Gasteiger partial charge in [0, 0.05) is 24.0 Å². The molecule has 58 heavy (non-hydrogen) atoms. The van der Waals surface area contributed by atoms with E-state index in [1.54, 1.807) is 25.4 Å². The fourth-order valence-electron chi connectivity index (χ4n) is 6.79. The first kappa shape index (κ1) is 47.5. The summed E-state index contributed by atoms with van der Waals surface area (Å²) in [6.07, 6.45) is 2.50. The number of likely N-dealkylation sites (tertiary alicyclic amines) is 1. The summed E-state index contributed by atoms with van der Waals surface area (Å²) in [4.78, 5) is 91.3. The molecule has 1 aliphatic rings. The van der Waals surface area contributed by atoms with Crippen LogP contribution in [0.1, 0.15) is 104 Å². The second kappa shape index (κ2) is 20.7. The van der Waals surface area contributed by atoms with Gasteiger partial charge < -0.3 is 42.4 Å². The molecular formula is C41H63N9O7S. The van der Waals surface area contributed by atoms with Gasteiger partial charge in [0.2, 0.25) is 29.5 Å². The topological polar surface area (TPSA) is 240 Å². The third-order valence-electron chi connectivity index (χ3n) is 10.2. The van der Waals surface area contributed by atoms with Gasteiger partial charge in [-0.25, -0.2) is 4.98 Å². The number of carbonyl (C=O) groups is 6. The van der Waals surface area contributed by atoms with Crippen molar-refractivity contribution in [2.24, 2.45) is 33.2 Å². The van der Waals surface area contributed by atoms with Crippen molar-refractivity contribution in [3.05, 3.63) is 52.5 Å². The predicted molar refractivity (Wildman–Crippen MR) is 223 cm³/mol. The molecule has 1 aromatic carbocycles. The second-order valence-electron chi connectivity index (χ2n) is 17.2. The van der Waals surface area contributed by atoms with Gasteiger partial charge in [0.15, 0.2) is 0 Å². The Labute approximate surface area is 346 Å². The Morgan fingerprint density at radius 3 is 2.09 bits per heavy atom. The van der Waals surface area contributed by atoms with Crippen molar-refractivity contribution < 1.29 is 33.5 Å². The Kier molecular flexibility index (Phi) is 16.9. The van der Waals surface area contributed by atoms with Gasteiger partial charge in [-0.3, -0.25) is 33.8 Å². The molecule has 2 heterocycles. The highest BCUT2D eigenvalue weighted by atomic mass is 32.1. The number of ether oxygens (including phenoxy) is 1. The van der Waals surface area contributed by atoms with Crippen LogP contribution in [0.25, 0.3) is 0 Å². The van der Waals surface area contributed by atoms with E-state index in [1.165, 1.54) is 23.3 Å². The van der Waals surface area contributed by atoms with Crippen LogP contribution in [0.4, 0.5) is 0 Å². The lowest BCUT2D eigenvalue weighted by Crippen LogP contribution is -2.60. The molecule has 1 fully saturated rings. The minimum atomic E-state index is -1.13. The summed E-state index contributed by atoms with van der Waals surface area (Å²) in [5, 5.41) is 13.9. The number of benzene rings is 1. The van der Waals surface area contributed by atoms with E-state index in [0.29, 0.717) is 24.4 Å². The third-order valence-corrected chi connectivity index (χ3v) is 11.1. The van der Waals surface area contributed by atoms with E-state index in [9.17, 15) is 28.8 Å². The van der Waals surface area contributed by atoms with Crippen molar-refractivity contribution in [1.29, 1.82) is 0 Å². The average molecular weight is 826 g/mol. The van der Waals surface area contributed by atoms with Gasteiger partial charge in [-0.15, -0.1) is 11.3 Å². The van der Waals surface area contributed by atoms with E-state index in [4.69, 9.17) is 21.2 Å². The number of methoxy groups -OCH3 is 1. The number of hydrogen-bond acceptors (Lipinski definition) is 11. The summed E-state index contributed by atoms with van der Waals surface area (Å²) >= 11 is 1.27. The molecule has 0 bridgehead atoms.